The van der Waals surface area contributed by atoms with E-state index in [2.05, 4.69) is 16.4 Å². The number of halogens is 2. The number of pyridine rings is 1. The summed E-state index contributed by atoms with van der Waals surface area (Å²) in [7, 11) is 0. The van der Waals surface area contributed by atoms with Gasteiger partial charge < -0.3 is 11.1 Å². The van der Waals surface area contributed by atoms with E-state index >= 15 is 0 Å². The Labute approximate surface area is 152 Å². The third-order valence-corrected chi connectivity index (χ3v) is 5.28. The summed E-state index contributed by atoms with van der Waals surface area (Å²) in [5.74, 6) is -0.449. The number of benzene rings is 2. The lowest BCUT2D eigenvalue weighted by molar-refractivity contribution is 0.628. The molecule has 4 rings (SSSR count). The molecule has 0 unspecified atom stereocenters. The molecule has 3 nitrogen and oxygen atoms in total. The topological polar surface area (TPSA) is 50.9 Å². The molecule has 2 aromatic carbocycles. The monoisotopic (exact) mass is 369 g/mol. The van der Waals surface area contributed by atoms with Crippen molar-refractivity contribution >= 4 is 49.4 Å². The molecule has 25 heavy (non-hydrogen) atoms. The zero-order chi connectivity index (χ0) is 17.4. The Balaban J connectivity index is 1.83. The van der Waals surface area contributed by atoms with Gasteiger partial charge in [-0.25, -0.2) is 4.39 Å². The van der Waals surface area contributed by atoms with Crippen LogP contribution in [0.3, 0.4) is 0 Å². The van der Waals surface area contributed by atoms with Crippen LogP contribution in [0, 0.1) is 5.82 Å². The molecular weight excluding hydrogens is 357 g/mol. The number of nitrogens with zero attached hydrogens (tertiary/aromatic N) is 1. The van der Waals surface area contributed by atoms with Crippen molar-refractivity contribution in [3.8, 4) is 11.1 Å². The standard InChI is InChI=1S/C19H13ClFN3S/c20-15-10-12(4-5-16(15)21)24-17-14-3-1-2-13(18(14)25-19(17)22)11-6-8-23-9-7-11/h1-10,24H,22H2. The lowest BCUT2D eigenvalue weighted by Gasteiger charge is -2.08. The van der Waals surface area contributed by atoms with Crippen molar-refractivity contribution in [2.45, 2.75) is 0 Å². The van der Waals surface area contributed by atoms with E-state index in [0.717, 1.165) is 26.9 Å². The van der Waals surface area contributed by atoms with Crippen molar-refractivity contribution < 1.29 is 4.39 Å². The number of thiophene rings is 1. The van der Waals surface area contributed by atoms with E-state index in [1.807, 2.05) is 24.3 Å². The van der Waals surface area contributed by atoms with Gasteiger partial charge in [-0.1, -0.05) is 29.8 Å². The van der Waals surface area contributed by atoms with E-state index in [0.29, 0.717) is 10.7 Å². The van der Waals surface area contributed by atoms with Gasteiger partial charge in [-0.3, -0.25) is 4.98 Å². The molecule has 0 saturated carbocycles. The summed E-state index contributed by atoms with van der Waals surface area (Å²) >= 11 is 7.38. The fourth-order valence-electron chi connectivity index (χ4n) is 2.74. The number of hydrogen-bond donors (Lipinski definition) is 2. The minimum absolute atomic E-state index is 0.0700. The van der Waals surface area contributed by atoms with E-state index in [9.17, 15) is 4.39 Å². The molecule has 0 aliphatic rings. The minimum Gasteiger partial charge on any atom is -0.389 e. The Bertz CT molecular complexity index is 1060. The number of rotatable bonds is 3. The van der Waals surface area contributed by atoms with Gasteiger partial charge in [0.15, 0.2) is 0 Å². The SMILES string of the molecule is Nc1sc2c(-c3ccncc3)cccc2c1Nc1ccc(F)c(Cl)c1. The highest BCUT2D eigenvalue weighted by Crippen LogP contribution is 2.44. The molecule has 0 spiro atoms. The van der Waals surface area contributed by atoms with Crippen LogP contribution in [-0.4, -0.2) is 4.98 Å². The number of nitrogens with two attached hydrogens (primary N) is 1. The molecule has 6 heteroatoms. The molecule has 0 radical (unpaired) electrons. The van der Waals surface area contributed by atoms with Crippen molar-refractivity contribution in [1.82, 2.24) is 4.98 Å². The first-order chi connectivity index (χ1) is 12.1. The molecule has 2 heterocycles. The number of fused-ring (bicyclic) bond motifs is 1. The first-order valence-corrected chi connectivity index (χ1v) is 8.76. The van der Waals surface area contributed by atoms with Crippen molar-refractivity contribution in [2.24, 2.45) is 0 Å². The molecule has 0 bridgehead atoms. The van der Waals surface area contributed by atoms with E-state index < -0.39 is 5.82 Å². The zero-order valence-electron chi connectivity index (χ0n) is 13.0. The third kappa shape index (κ3) is 2.92. The Kier molecular flexibility index (Phi) is 4.03. The molecular formula is C19H13ClFN3S. The van der Waals surface area contributed by atoms with Gasteiger partial charge in [0.2, 0.25) is 0 Å². The molecule has 3 N–H and O–H groups in total. The molecule has 0 aliphatic heterocycles. The minimum atomic E-state index is -0.449. The maximum atomic E-state index is 13.4. The summed E-state index contributed by atoms with van der Waals surface area (Å²) in [4.78, 5) is 4.07. The molecule has 0 aliphatic carbocycles. The molecule has 0 atom stereocenters. The first kappa shape index (κ1) is 15.9. The van der Waals surface area contributed by atoms with Crippen LogP contribution in [0.2, 0.25) is 5.02 Å². The van der Waals surface area contributed by atoms with Crippen LogP contribution in [0.1, 0.15) is 0 Å². The predicted octanol–water partition coefficient (Wildman–Crippen LogP) is 6.08. The number of nitrogens with one attached hydrogen (secondary N) is 1. The largest absolute Gasteiger partial charge is 0.389 e. The van der Waals surface area contributed by atoms with Crippen LogP contribution in [0.15, 0.2) is 60.9 Å². The van der Waals surface area contributed by atoms with Crippen LogP contribution in [0.4, 0.5) is 20.8 Å². The van der Waals surface area contributed by atoms with Gasteiger partial charge in [0.1, 0.15) is 10.8 Å². The molecule has 124 valence electrons. The number of anilines is 3. The molecule has 0 fully saturated rings. The summed E-state index contributed by atoms with van der Waals surface area (Å²) in [5, 5.41) is 5.01. The Morgan fingerprint density at radius 2 is 1.88 bits per heavy atom. The van der Waals surface area contributed by atoms with Gasteiger partial charge in [0.25, 0.3) is 0 Å². The lowest BCUT2D eigenvalue weighted by Crippen LogP contribution is -1.93. The van der Waals surface area contributed by atoms with Crippen molar-refractivity contribution in [3.05, 3.63) is 71.8 Å². The number of aromatic nitrogens is 1. The van der Waals surface area contributed by atoms with Crippen LogP contribution in [-0.2, 0) is 0 Å². The number of nitrogen functional groups attached to an aromatic ring is 1. The summed E-state index contributed by atoms with van der Waals surface area (Å²) in [5.41, 5.74) is 9.92. The third-order valence-electron chi connectivity index (χ3n) is 3.92. The highest BCUT2D eigenvalue weighted by molar-refractivity contribution is 7.24. The molecule has 0 saturated heterocycles. The highest BCUT2D eigenvalue weighted by atomic mass is 35.5. The molecule has 2 aromatic heterocycles. The summed E-state index contributed by atoms with van der Waals surface area (Å²) in [6.45, 7) is 0. The van der Waals surface area contributed by atoms with E-state index in [4.69, 9.17) is 17.3 Å². The highest BCUT2D eigenvalue weighted by Gasteiger charge is 2.14. The zero-order valence-corrected chi connectivity index (χ0v) is 14.5. The van der Waals surface area contributed by atoms with Crippen LogP contribution in [0.25, 0.3) is 21.2 Å². The second-order valence-electron chi connectivity index (χ2n) is 5.51. The maximum absolute atomic E-state index is 13.4. The van der Waals surface area contributed by atoms with E-state index in [1.165, 1.54) is 17.4 Å². The average Bonchev–Trinajstić information content (AvgIpc) is 2.94. The Hall–Kier alpha value is -2.63. The van der Waals surface area contributed by atoms with Gasteiger partial charge in [-0.15, -0.1) is 11.3 Å². The summed E-state index contributed by atoms with van der Waals surface area (Å²) < 4.78 is 14.4. The van der Waals surface area contributed by atoms with Crippen molar-refractivity contribution in [3.63, 3.8) is 0 Å². The first-order valence-electron chi connectivity index (χ1n) is 7.57. The second-order valence-corrected chi connectivity index (χ2v) is 6.97. The van der Waals surface area contributed by atoms with Crippen LogP contribution < -0.4 is 11.1 Å². The fraction of sp³-hybridized carbons (Fsp3) is 0. The van der Waals surface area contributed by atoms with Gasteiger partial charge in [-0.05, 0) is 41.5 Å². The lowest BCUT2D eigenvalue weighted by atomic mass is 10.0. The molecule has 0 amide bonds. The fourth-order valence-corrected chi connectivity index (χ4v) is 3.98. The van der Waals surface area contributed by atoms with Gasteiger partial charge in [0, 0.05) is 28.2 Å². The molecule has 4 aromatic rings. The van der Waals surface area contributed by atoms with Crippen molar-refractivity contribution in [1.29, 1.82) is 0 Å². The normalized spacial score (nSPS) is 11.0. The Morgan fingerprint density at radius 1 is 1.08 bits per heavy atom. The van der Waals surface area contributed by atoms with Crippen LogP contribution in [0.5, 0.6) is 0 Å². The smallest absolute Gasteiger partial charge is 0.141 e. The van der Waals surface area contributed by atoms with Gasteiger partial charge in [0.05, 0.1) is 10.7 Å². The summed E-state index contributed by atoms with van der Waals surface area (Å²) in [6.07, 6.45) is 3.54. The summed E-state index contributed by atoms with van der Waals surface area (Å²) in [6, 6.07) is 14.5. The quantitative estimate of drug-likeness (QED) is 0.460. The maximum Gasteiger partial charge on any atom is 0.141 e. The van der Waals surface area contributed by atoms with Gasteiger partial charge >= 0.3 is 0 Å². The average molecular weight is 370 g/mol. The van der Waals surface area contributed by atoms with Crippen molar-refractivity contribution in [2.75, 3.05) is 11.1 Å². The number of hydrogen-bond acceptors (Lipinski definition) is 4. The van der Waals surface area contributed by atoms with Gasteiger partial charge in [-0.2, -0.15) is 0 Å². The second kappa shape index (κ2) is 6.35. The van der Waals surface area contributed by atoms with Crippen LogP contribution >= 0.6 is 22.9 Å². The predicted molar refractivity (Wildman–Crippen MR) is 104 cm³/mol. The Morgan fingerprint density at radius 3 is 2.64 bits per heavy atom. The van der Waals surface area contributed by atoms with E-state index in [-0.39, 0.29) is 5.02 Å². The van der Waals surface area contributed by atoms with E-state index in [1.54, 1.807) is 24.5 Å².